The van der Waals surface area contributed by atoms with Crippen molar-refractivity contribution in [2.75, 3.05) is 13.1 Å². The molecule has 0 spiro atoms. The van der Waals surface area contributed by atoms with Crippen molar-refractivity contribution in [2.45, 2.75) is 25.7 Å². The summed E-state index contributed by atoms with van der Waals surface area (Å²) in [4.78, 5) is 14.8. The minimum absolute atomic E-state index is 0.222. The predicted molar refractivity (Wildman–Crippen MR) is 68.0 cm³/mol. The van der Waals surface area contributed by atoms with Gasteiger partial charge in [0, 0.05) is 18.7 Å². The van der Waals surface area contributed by atoms with Crippen LogP contribution in [-0.4, -0.2) is 23.8 Å². The normalized spacial score (nSPS) is 19.9. The highest BCUT2D eigenvalue weighted by Crippen LogP contribution is 2.25. The van der Waals surface area contributed by atoms with E-state index in [-0.39, 0.29) is 5.78 Å². The summed E-state index contributed by atoms with van der Waals surface area (Å²) < 4.78 is 0. The quantitative estimate of drug-likeness (QED) is 0.735. The molecule has 0 bridgehead atoms. The zero-order valence-corrected chi connectivity index (χ0v) is 9.98. The standard InChI is InChI=1S/C15H17NO/c17-15-13-8-2-1-6-12(13)7-5-9-14(15)16-10-3-4-11-16/h1-2,6,8-9H,3-5,7,10-11H2. The van der Waals surface area contributed by atoms with Gasteiger partial charge in [0.2, 0.25) is 5.78 Å². The molecule has 0 radical (unpaired) electrons. The smallest absolute Gasteiger partial charge is 0.208 e. The Kier molecular flexibility index (Phi) is 2.71. The number of rotatable bonds is 1. The van der Waals surface area contributed by atoms with E-state index in [0.29, 0.717) is 0 Å². The fraction of sp³-hybridized carbons (Fsp3) is 0.400. The largest absolute Gasteiger partial charge is 0.369 e. The number of nitrogens with zero attached hydrogens (tertiary/aromatic N) is 1. The summed E-state index contributed by atoms with van der Waals surface area (Å²) in [7, 11) is 0. The first-order chi connectivity index (χ1) is 8.36. The van der Waals surface area contributed by atoms with Crippen molar-refractivity contribution in [2.24, 2.45) is 0 Å². The maximum Gasteiger partial charge on any atom is 0.208 e. The number of aryl methyl sites for hydroxylation is 1. The Morgan fingerprint density at radius 2 is 1.82 bits per heavy atom. The van der Waals surface area contributed by atoms with Gasteiger partial charge in [0.1, 0.15) is 0 Å². The Hall–Kier alpha value is -1.57. The number of carbonyl (C=O) groups is 1. The second-order valence-electron chi connectivity index (χ2n) is 4.81. The number of fused-ring (bicyclic) bond motifs is 1. The Morgan fingerprint density at radius 1 is 1.06 bits per heavy atom. The van der Waals surface area contributed by atoms with Gasteiger partial charge >= 0.3 is 0 Å². The number of benzene rings is 1. The fourth-order valence-corrected chi connectivity index (χ4v) is 2.79. The van der Waals surface area contributed by atoms with Crippen molar-refractivity contribution in [1.29, 1.82) is 0 Å². The first-order valence-corrected chi connectivity index (χ1v) is 6.44. The zero-order chi connectivity index (χ0) is 11.7. The van der Waals surface area contributed by atoms with Crippen molar-refractivity contribution in [3.63, 3.8) is 0 Å². The first kappa shape index (κ1) is 10.6. The predicted octanol–water partition coefficient (Wildman–Crippen LogP) is 2.80. The molecule has 0 N–H and O–H groups in total. The third kappa shape index (κ3) is 1.88. The summed E-state index contributed by atoms with van der Waals surface area (Å²) in [6, 6.07) is 8.03. The van der Waals surface area contributed by atoms with Gasteiger partial charge in [-0.15, -0.1) is 0 Å². The van der Waals surface area contributed by atoms with Crippen molar-refractivity contribution in [1.82, 2.24) is 4.90 Å². The van der Waals surface area contributed by atoms with Crippen LogP contribution in [0.1, 0.15) is 35.2 Å². The number of hydrogen-bond acceptors (Lipinski definition) is 2. The molecule has 0 unspecified atom stereocenters. The molecule has 1 aliphatic heterocycles. The van der Waals surface area contributed by atoms with Crippen LogP contribution in [0.5, 0.6) is 0 Å². The third-order valence-electron chi connectivity index (χ3n) is 3.69. The van der Waals surface area contributed by atoms with Gasteiger partial charge in [-0.05, 0) is 31.2 Å². The Labute approximate surface area is 102 Å². The summed E-state index contributed by atoms with van der Waals surface area (Å²) >= 11 is 0. The third-order valence-corrected chi connectivity index (χ3v) is 3.69. The SMILES string of the molecule is O=C1C(N2CCCC2)=CCCc2ccccc21. The van der Waals surface area contributed by atoms with Crippen LogP contribution in [-0.2, 0) is 6.42 Å². The van der Waals surface area contributed by atoms with Gasteiger partial charge in [-0.2, -0.15) is 0 Å². The average molecular weight is 227 g/mol. The van der Waals surface area contributed by atoms with E-state index in [1.165, 1.54) is 18.4 Å². The lowest BCUT2D eigenvalue weighted by atomic mass is 10.0. The second kappa shape index (κ2) is 4.36. The van der Waals surface area contributed by atoms with E-state index in [1.807, 2.05) is 18.2 Å². The van der Waals surface area contributed by atoms with Crippen LogP contribution in [0.4, 0.5) is 0 Å². The van der Waals surface area contributed by atoms with Gasteiger partial charge in [-0.25, -0.2) is 0 Å². The van der Waals surface area contributed by atoms with E-state index >= 15 is 0 Å². The Morgan fingerprint density at radius 3 is 2.65 bits per heavy atom. The van der Waals surface area contributed by atoms with Gasteiger partial charge in [-0.1, -0.05) is 30.3 Å². The van der Waals surface area contributed by atoms with E-state index in [1.54, 1.807) is 0 Å². The lowest BCUT2D eigenvalue weighted by Gasteiger charge is -2.20. The number of ketones is 1. The molecule has 0 aromatic heterocycles. The van der Waals surface area contributed by atoms with Crippen LogP contribution in [0.25, 0.3) is 0 Å². The summed E-state index contributed by atoms with van der Waals surface area (Å²) in [5, 5.41) is 0. The minimum Gasteiger partial charge on any atom is -0.369 e. The lowest BCUT2D eigenvalue weighted by Crippen LogP contribution is -2.24. The maximum atomic E-state index is 12.5. The summed E-state index contributed by atoms with van der Waals surface area (Å²) in [5.74, 6) is 0.222. The molecule has 2 nitrogen and oxygen atoms in total. The molecule has 1 saturated heterocycles. The molecule has 1 aromatic carbocycles. The number of hydrogen-bond donors (Lipinski definition) is 0. The maximum absolute atomic E-state index is 12.5. The lowest BCUT2D eigenvalue weighted by molar-refractivity contribution is 0.0997. The summed E-state index contributed by atoms with van der Waals surface area (Å²) in [6.07, 6.45) is 6.53. The highest BCUT2D eigenvalue weighted by Gasteiger charge is 2.24. The molecule has 0 saturated carbocycles. The molecule has 1 fully saturated rings. The first-order valence-electron chi connectivity index (χ1n) is 6.44. The molecule has 1 heterocycles. The molecule has 1 aliphatic carbocycles. The van der Waals surface area contributed by atoms with Gasteiger partial charge in [0.05, 0.1) is 5.70 Å². The Balaban J connectivity index is 1.97. The van der Waals surface area contributed by atoms with E-state index in [9.17, 15) is 4.79 Å². The highest BCUT2D eigenvalue weighted by atomic mass is 16.1. The van der Waals surface area contributed by atoms with Crippen LogP contribution in [0.3, 0.4) is 0 Å². The molecule has 2 aliphatic rings. The van der Waals surface area contributed by atoms with Crippen LogP contribution in [0, 0.1) is 0 Å². The molecule has 0 atom stereocenters. The van der Waals surface area contributed by atoms with Crippen molar-refractivity contribution >= 4 is 5.78 Å². The average Bonchev–Trinajstić information content (AvgIpc) is 2.83. The number of allylic oxidation sites excluding steroid dienone is 2. The van der Waals surface area contributed by atoms with Gasteiger partial charge < -0.3 is 4.90 Å². The molecular formula is C15H17NO. The fourth-order valence-electron chi connectivity index (χ4n) is 2.79. The number of carbonyl (C=O) groups excluding carboxylic acids is 1. The van der Waals surface area contributed by atoms with Crippen LogP contribution in [0.15, 0.2) is 36.0 Å². The van der Waals surface area contributed by atoms with Crippen molar-refractivity contribution in [3.8, 4) is 0 Å². The topological polar surface area (TPSA) is 20.3 Å². The van der Waals surface area contributed by atoms with Gasteiger partial charge in [-0.3, -0.25) is 4.79 Å². The molecule has 2 heteroatoms. The van der Waals surface area contributed by atoms with Crippen LogP contribution in [0.2, 0.25) is 0 Å². The van der Waals surface area contributed by atoms with E-state index in [0.717, 1.165) is 37.2 Å². The molecule has 17 heavy (non-hydrogen) atoms. The van der Waals surface area contributed by atoms with E-state index < -0.39 is 0 Å². The molecule has 88 valence electrons. The Bertz CT molecular complexity index is 470. The van der Waals surface area contributed by atoms with E-state index in [4.69, 9.17) is 0 Å². The zero-order valence-electron chi connectivity index (χ0n) is 9.98. The van der Waals surface area contributed by atoms with E-state index in [2.05, 4.69) is 17.0 Å². The molecule has 0 amide bonds. The molecule has 3 rings (SSSR count). The highest BCUT2D eigenvalue weighted by molar-refractivity contribution is 6.09. The molecular weight excluding hydrogens is 210 g/mol. The van der Waals surface area contributed by atoms with Crippen LogP contribution >= 0.6 is 0 Å². The van der Waals surface area contributed by atoms with Crippen molar-refractivity contribution in [3.05, 3.63) is 47.2 Å². The monoisotopic (exact) mass is 227 g/mol. The van der Waals surface area contributed by atoms with Gasteiger partial charge in [0.25, 0.3) is 0 Å². The minimum atomic E-state index is 0.222. The second-order valence-corrected chi connectivity index (χ2v) is 4.81. The molecule has 1 aromatic rings. The van der Waals surface area contributed by atoms with Crippen molar-refractivity contribution < 1.29 is 4.79 Å². The summed E-state index contributed by atoms with van der Waals surface area (Å²) in [5.41, 5.74) is 3.04. The van der Waals surface area contributed by atoms with Gasteiger partial charge in [0.15, 0.2) is 0 Å². The number of likely N-dealkylation sites (tertiary alicyclic amines) is 1. The number of Topliss-reactive ketones (excluding diaryl/α,β-unsaturated/α-hetero) is 1. The van der Waals surface area contributed by atoms with Crippen LogP contribution < -0.4 is 0 Å². The summed E-state index contributed by atoms with van der Waals surface area (Å²) in [6.45, 7) is 2.08.